The van der Waals surface area contributed by atoms with Crippen LogP contribution in [0.5, 0.6) is 0 Å². The highest BCUT2D eigenvalue weighted by molar-refractivity contribution is 9.10. The van der Waals surface area contributed by atoms with Gasteiger partial charge in [0.05, 0.1) is 12.6 Å². The topological polar surface area (TPSA) is 58.4 Å². The molecule has 0 radical (unpaired) electrons. The number of hydrogen-bond donors (Lipinski definition) is 2. The predicted molar refractivity (Wildman–Crippen MR) is 79.7 cm³/mol. The Morgan fingerprint density at radius 1 is 1.47 bits per heavy atom. The summed E-state index contributed by atoms with van der Waals surface area (Å²) in [7, 11) is 0. The number of rotatable bonds is 3. The van der Waals surface area contributed by atoms with Crippen molar-refractivity contribution in [3.8, 4) is 0 Å². The minimum Gasteiger partial charge on any atom is -0.355 e. The van der Waals surface area contributed by atoms with Crippen LogP contribution < -0.4 is 11.1 Å². The summed E-state index contributed by atoms with van der Waals surface area (Å²) in [5.74, 6) is 0.0816. The number of amides is 1. The molecule has 2 rings (SSSR count). The maximum atomic E-state index is 11.7. The van der Waals surface area contributed by atoms with Gasteiger partial charge in [0.2, 0.25) is 5.91 Å². The van der Waals surface area contributed by atoms with E-state index in [-0.39, 0.29) is 18.0 Å². The summed E-state index contributed by atoms with van der Waals surface area (Å²) in [5.41, 5.74) is 7.31. The molecule has 1 fully saturated rings. The molecule has 3 N–H and O–H groups in total. The average Bonchev–Trinajstić information content (AvgIpc) is 2.54. The van der Waals surface area contributed by atoms with E-state index in [0.717, 1.165) is 29.5 Å². The molecule has 4 nitrogen and oxygen atoms in total. The second-order valence-electron chi connectivity index (χ2n) is 5.03. The molecule has 1 heterocycles. The predicted octanol–water partition coefficient (Wildman–Crippen LogP) is 1.66. The van der Waals surface area contributed by atoms with Crippen molar-refractivity contribution in [2.75, 3.05) is 19.6 Å². The molecule has 2 atom stereocenters. The molecule has 1 amide bonds. The Kier molecular flexibility index (Phi) is 4.96. The molecule has 1 aromatic rings. The molecule has 0 bridgehead atoms. The zero-order valence-electron chi connectivity index (χ0n) is 11.1. The molecule has 0 aromatic heterocycles. The van der Waals surface area contributed by atoms with Crippen LogP contribution in [0.15, 0.2) is 28.7 Å². The normalized spacial score (nSPS) is 20.5. The van der Waals surface area contributed by atoms with Crippen molar-refractivity contribution in [2.45, 2.75) is 25.4 Å². The summed E-state index contributed by atoms with van der Waals surface area (Å²) in [6, 6.07) is 8.20. The first-order valence-electron chi connectivity index (χ1n) is 6.59. The van der Waals surface area contributed by atoms with Gasteiger partial charge in [0.25, 0.3) is 0 Å². The molecule has 0 saturated carbocycles. The van der Waals surface area contributed by atoms with Crippen molar-refractivity contribution < 1.29 is 4.79 Å². The fraction of sp³-hybridized carbons (Fsp3) is 0.500. The van der Waals surface area contributed by atoms with Gasteiger partial charge in [-0.2, -0.15) is 0 Å². The van der Waals surface area contributed by atoms with Crippen molar-refractivity contribution in [2.24, 2.45) is 5.73 Å². The van der Waals surface area contributed by atoms with Gasteiger partial charge in [-0.05, 0) is 31.0 Å². The lowest BCUT2D eigenvalue weighted by atomic mass is 9.99. The minimum absolute atomic E-state index is 0.0276. The Morgan fingerprint density at radius 3 is 2.95 bits per heavy atom. The van der Waals surface area contributed by atoms with Crippen LogP contribution in [0.2, 0.25) is 0 Å². The van der Waals surface area contributed by atoms with Gasteiger partial charge >= 0.3 is 0 Å². The van der Waals surface area contributed by atoms with Crippen molar-refractivity contribution in [3.05, 3.63) is 34.3 Å². The summed E-state index contributed by atoms with van der Waals surface area (Å²) in [6.45, 7) is 4.05. The van der Waals surface area contributed by atoms with E-state index in [0.29, 0.717) is 6.54 Å². The zero-order chi connectivity index (χ0) is 13.8. The fourth-order valence-corrected chi connectivity index (χ4v) is 3.02. The Bertz CT molecular complexity index is 450. The third-order valence-electron chi connectivity index (χ3n) is 3.37. The number of halogens is 1. The molecule has 19 heavy (non-hydrogen) atoms. The summed E-state index contributed by atoms with van der Waals surface area (Å²) < 4.78 is 1.04. The maximum absolute atomic E-state index is 11.7. The molecule has 0 aliphatic carbocycles. The fourth-order valence-electron chi connectivity index (χ4n) is 2.60. The largest absolute Gasteiger partial charge is 0.355 e. The molecule has 1 saturated heterocycles. The van der Waals surface area contributed by atoms with Gasteiger partial charge in [-0.25, -0.2) is 0 Å². The zero-order valence-corrected chi connectivity index (χ0v) is 12.7. The van der Waals surface area contributed by atoms with Gasteiger partial charge < -0.3 is 11.1 Å². The third kappa shape index (κ3) is 3.78. The van der Waals surface area contributed by atoms with Crippen molar-refractivity contribution in [1.29, 1.82) is 0 Å². The monoisotopic (exact) mass is 325 g/mol. The standard InChI is InChI=1S/C14H20BrN3O/c1-10(16)14(11-4-2-5-12(15)8-11)18-7-3-6-17-13(19)9-18/h2,4-5,8,10,14H,3,6-7,9,16H2,1H3,(H,17,19). The summed E-state index contributed by atoms with van der Waals surface area (Å²) in [4.78, 5) is 13.9. The number of nitrogens with one attached hydrogen (secondary N) is 1. The number of carbonyl (C=O) groups is 1. The minimum atomic E-state index is -0.0276. The van der Waals surface area contributed by atoms with Crippen LogP contribution in [-0.4, -0.2) is 36.5 Å². The van der Waals surface area contributed by atoms with Crippen LogP contribution in [0, 0.1) is 0 Å². The molecular weight excluding hydrogens is 306 g/mol. The van der Waals surface area contributed by atoms with E-state index in [1.54, 1.807) is 0 Å². The van der Waals surface area contributed by atoms with Crippen LogP contribution in [-0.2, 0) is 4.79 Å². The summed E-state index contributed by atoms with van der Waals surface area (Å²) in [5, 5.41) is 2.90. The van der Waals surface area contributed by atoms with Gasteiger partial charge in [0.1, 0.15) is 0 Å². The van der Waals surface area contributed by atoms with Gasteiger partial charge in [-0.1, -0.05) is 28.1 Å². The molecule has 1 aliphatic heterocycles. The van der Waals surface area contributed by atoms with Crippen LogP contribution in [0.25, 0.3) is 0 Å². The van der Waals surface area contributed by atoms with Crippen molar-refractivity contribution in [3.63, 3.8) is 0 Å². The maximum Gasteiger partial charge on any atom is 0.234 e. The van der Waals surface area contributed by atoms with Crippen molar-refractivity contribution >= 4 is 21.8 Å². The van der Waals surface area contributed by atoms with E-state index in [1.807, 2.05) is 19.1 Å². The summed E-state index contributed by atoms with van der Waals surface area (Å²) >= 11 is 3.49. The molecule has 104 valence electrons. The number of nitrogens with two attached hydrogens (primary N) is 1. The quantitative estimate of drug-likeness (QED) is 0.888. The van der Waals surface area contributed by atoms with Crippen LogP contribution in [0.4, 0.5) is 0 Å². The van der Waals surface area contributed by atoms with E-state index >= 15 is 0 Å². The number of nitrogens with zero attached hydrogens (tertiary/aromatic N) is 1. The van der Waals surface area contributed by atoms with Crippen LogP contribution in [0.1, 0.15) is 24.9 Å². The average molecular weight is 326 g/mol. The SMILES string of the molecule is CC(N)C(c1cccc(Br)c1)N1CCCNC(=O)C1. The first-order valence-corrected chi connectivity index (χ1v) is 7.39. The van der Waals surface area contributed by atoms with E-state index in [1.165, 1.54) is 0 Å². The molecule has 1 aliphatic rings. The lowest BCUT2D eigenvalue weighted by molar-refractivity contribution is -0.122. The van der Waals surface area contributed by atoms with E-state index in [4.69, 9.17) is 5.73 Å². The second kappa shape index (κ2) is 6.50. The Morgan fingerprint density at radius 2 is 2.26 bits per heavy atom. The Hall–Kier alpha value is -0.910. The molecule has 5 heteroatoms. The highest BCUT2D eigenvalue weighted by Crippen LogP contribution is 2.26. The molecule has 1 aromatic carbocycles. The highest BCUT2D eigenvalue weighted by atomic mass is 79.9. The highest BCUT2D eigenvalue weighted by Gasteiger charge is 2.27. The van der Waals surface area contributed by atoms with Crippen LogP contribution in [0.3, 0.4) is 0 Å². The van der Waals surface area contributed by atoms with Gasteiger partial charge in [0, 0.05) is 23.6 Å². The number of benzene rings is 1. The van der Waals surface area contributed by atoms with Crippen LogP contribution >= 0.6 is 15.9 Å². The number of carbonyl (C=O) groups excluding carboxylic acids is 1. The van der Waals surface area contributed by atoms with E-state index in [9.17, 15) is 4.79 Å². The first kappa shape index (κ1) is 14.5. The van der Waals surface area contributed by atoms with Gasteiger partial charge in [-0.3, -0.25) is 9.69 Å². The van der Waals surface area contributed by atoms with Gasteiger partial charge in [-0.15, -0.1) is 0 Å². The third-order valence-corrected chi connectivity index (χ3v) is 3.87. The molecular formula is C14H20BrN3O. The number of hydrogen-bond acceptors (Lipinski definition) is 3. The van der Waals surface area contributed by atoms with Gasteiger partial charge in [0.15, 0.2) is 0 Å². The second-order valence-corrected chi connectivity index (χ2v) is 5.95. The first-order chi connectivity index (χ1) is 9.08. The molecule has 2 unspecified atom stereocenters. The lowest BCUT2D eigenvalue weighted by Crippen LogP contribution is -2.42. The smallest absolute Gasteiger partial charge is 0.234 e. The lowest BCUT2D eigenvalue weighted by Gasteiger charge is -2.33. The molecule has 0 spiro atoms. The van der Waals surface area contributed by atoms with E-state index in [2.05, 4.69) is 38.3 Å². The Labute approximate surface area is 122 Å². The Balaban J connectivity index is 2.26. The van der Waals surface area contributed by atoms with E-state index < -0.39 is 0 Å². The van der Waals surface area contributed by atoms with Crippen molar-refractivity contribution in [1.82, 2.24) is 10.2 Å². The summed E-state index contributed by atoms with van der Waals surface area (Å²) in [6.07, 6.45) is 0.961.